The van der Waals surface area contributed by atoms with Gasteiger partial charge in [0.25, 0.3) is 0 Å². The Morgan fingerprint density at radius 2 is 1.50 bits per heavy atom. The fraction of sp³-hybridized carbons (Fsp3) is 0.250. The van der Waals surface area contributed by atoms with Crippen LogP contribution in [0.5, 0.6) is 23.0 Å². The molecule has 166 valence electrons. The van der Waals surface area contributed by atoms with E-state index in [2.05, 4.69) is 0 Å². The minimum Gasteiger partial charge on any atom is -0.454 e. The lowest BCUT2D eigenvalue weighted by Gasteiger charge is -2.26. The maximum Gasteiger partial charge on any atom is 0.231 e. The molecule has 0 unspecified atom stereocenters. The van der Waals surface area contributed by atoms with Gasteiger partial charge in [0, 0.05) is 11.4 Å². The summed E-state index contributed by atoms with van der Waals surface area (Å²) < 4.78 is 34.8. The summed E-state index contributed by atoms with van der Waals surface area (Å²) in [6, 6.07) is 20.1. The van der Waals surface area contributed by atoms with Crippen LogP contribution in [-0.2, 0) is 17.2 Å². The number of hydrogen-bond donors (Lipinski definition) is 1. The van der Waals surface area contributed by atoms with Crippen LogP contribution in [0.2, 0.25) is 0 Å². The summed E-state index contributed by atoms with van der Waals surface area (Å²) in [6.07, 6.45) is 0.589. The summed E-state index contributed by atoms with van der Waals surface area (Å²) >= 11 is 0. The van der Waals surface area contributed by atoms with Crippen LogP contribution in [0.1, 0.15) is 17.2 Å². The molecule has 3 aromatic carbocycles. The highest BCUT2D eigenvalue weighted by Crippen LogP contribution is 2.36. The zero-order valence-corrected chi connectivity index (χ0v) is 18.1. The average molecular weight is 454 g/mol. The van der Waals surface area contributed by atoms with Crippen molar-refractivity contribution in [1.82, 2.24) is 5.06 Å². The van der Waals surface area contributed by atoms with Gasteiger partial charge in [-0.15, -0.1) is 0 Å². The Morgan fingerprint density at radius 3 is 2.25 bits per heavy atom. The van der Waals surface area contributed by atoms with Crippen LogP contribution in [0.15, 0.2) is 71.6 Å². The molecule has 2 heterocycles. The molecule has 2 aliphatic heterocycles. The van der Waals surface area contributed by atoms with E-state index in [1.54, 1.807) is 0 Å². The van der Waals surface area contributed by atoms with Crippen LogP contribution in [0, 0.1) is 0 Å². The highest BCUT2D eigenvalue weighted by molar-refractivity contribution is 7.85. The molecule has 32 heavy (non-hydrogen) atoms. The molecule has 2 aliphatic rings. The lowest BCUT2D eigenvalue weighted by Crippen LogP contribution is -2.31. The van der Waals surface area contributed by atoms with E-state index >= 15 is 0 Å². The third-order valence-electron chi connectivity index (χ3n) is 5.52. The summed E-state index contributed by atoms with van der Waals surface area (Å²) in [5.41, 5.74) is 1.83. The van der Waals surface area contributed by atoms with Crippen molar-refractivity contribution in [1.29, 1.82) is 0 Å². The maximum atomic E-state index is 13.1. The quantitative estimate of drug-likeness (QED) is 0.518. The third kappa shape index (κ3) is 4.43. The fourth-order valence-corrected chi connectivity index (χ4v) is 5.09. The molecule has 0 aliphatic carbocycles. The Bertz CT molecular complexity index is 1120. The topological polar surface area (TPSA) is 77.5 Å². The largest absolute Gasteiger partial charge is 0.454 e. The Hall–Kier alpha value is -3.07. The van der Waals surface area contributed by atoms with Crippen molar-refractivity contribution in [2.24, 2.45) is 0 Å². The van der Waals surface area contributed by atoms with E-state index in [-0.39, 0.29) is 19.3 Å². The molecular formula is C24H23NO6S. The summed E-state index contributed by atoms with van der Waals surface area (Å²) in [7, 11) is -1.29. The molecule has 0 amide bonds. The monoisotopic (exact) mass is 453 g/mol. The van der Waals surface area contributed by atoms with Gasteiger partial charge in [-0.05, 0) is 53.9 Å². The van der Waals surface area contributed by atoms with E-state index in [0.29, 0.717) is 30.2 Å². The fourth-order valence-electron chi connectivity index (χ4n) is 3.78. The number of benzene rings is 3. The molecular weight excluding hydrogens is 430 g/mol. The van der Waals surface area contributed by atoms with Crippen LogP contribution >= 0.6 is 0 Å². The molecule has 2 atom stereocenters. The van der Waals surface area contributed by atoms with Gasteiger partial charge in [0.1, 0.15) is 0 Å². The van der Waals surface area contributed by atoms with Gasteiger partial charge in [-0.3, -0.25) is 4.21 Å². The van der Waals surface area contributed by atoms with E-state index < -0.39 is 16.8 Å². The van der Waals surface area contributed by atoms with Gasteiger partial charge in [0.15, 0.2) is 23.0 Å². The molecule has 0 bridgehead atoms. The van der Waals surface area contributed by atoms with Crippen molar-refractivity contribution in [2.45, 2.75) is 17.4 Å². The summed E-state index contributed by atoms with van der Waals surface area (Å²) in [6.45, 7) is 0.749. The smallest absolute Gasteiger partial charge is 0.231 e. The van der Waals surface area contributed by atoms with Gasteiger partial charge < -0.3 is 24.2 Å². The van der Waals surface area contributed by atoms with Gasteiger partial charge >= 0.3 is 0 Å². The second-order valence-electron chi connectivity index (χ2n) is 7.55. The van der Waals surface area contributed by atoms with Crippen LogP contribution in [-0.4, -0.2) is 40.4 Å². The van der Waals surface area contributed by atoms with Crippen molar-refractivity contribution in [2.75, 3.05) is 25.9 Å². The molecule has 0 aromatic heterocycles. The zero-order chi connectivity index (χ0) is 21.9. The molecule has 5 rings (SSSR count). The summed E-state index contributed by atoms with van der Waals surface area (Å²) in [4.78, 5) is 0.724. The zero-order valence-electron chi connectivity index (χ0n) is 17.3. The molecule has 0 fully saturated rings. The molecule has 0 radical (unpaired) electrons. The summed E-state index contributed by atoms with van der Waals surface area (Å²) in [5, 5.41) is 12.3. The first kappa shape index (κ1) is 20.8. The molecule has 8 heteroatoms. The number of hydrogen-bond acceptors (Lipinski definition) is 7. The van der Waals surface area contributed by atoms with Crippen LogP contribution in [0.3, 0.4) is 0 Å². The van der Waals surface area contributed by atoms with Crippen molar-refractivity contribution in [3.8, 4) is 23.0 Å². The van der Waals surface area contributed by atoms with Crippen molar-refractivity contribution in [3.05, 3.63) is 77.9 Å². The first-order valence-electron chi connectivity index (χ1n) is 10.3. The lowest BCUT2D eigenvalue weighted by atomic mass is 10.1. The molecule has 7 nitrogen and oxygen atoms in total. The van der Waals surface area contributed by atoms with E-state index in [9.17, 15) is 9.42 Å². The van der Waals surface area contributed by atoms with Gasteiger partial charge in [0.2, 0.25) is 13.6 Å². The normalized spacial score (nSPS) is 15.7. The predicted molar refractivity (Wildman–Crippen MR) is 118 cm³/mol. The number of ether oxygens (including phenoxy) is 4. The predicted octanol–water partition coefficient (Wildman–Crippen LogP) is 3.93. The van der Waals surface area contributed by atoms with E-state index in [1.165, 1.54) is 5.06 Å². The summed E-state index contributed by atoms with van der Waals surface area (Å²) in [5.74, 6) is 2.97. The minimum absolute atomic E-state index is 0.173. The van der Waals surface area contributed by atoms with Crippen LogP contribution < -0.4 is 18.9 Å². The van der Waals surface area contributed by atoms with Crippen molar-refractivity contribution in [3.63, 3.8) is 0 Å². The average Bonchev–Trinajstić information content (AvgIpc) is 3.49. The first-order valence-corrected chi connectivity index (χ1v) is 11.7. The maximum absolute atomic E-state index is 13.1. The SMILES string of the molecule is O=[S@](C[C@H](c1ccc2c(c1)OCO2)N(O)CCc1ccc2c(c1)OCO2)c1ccccc1. The molecule has 3 aromatic rings. The highest BCUT2D eigenvalue weighted by Gasteiger charge is 2.25. The Balaban J connectivity index is 1.35. The number of rotatable bonds is 8. The molecule has 0 saturated heterocycles. The van der Waals surface area contributed by atoms with Gasteiger partial charge in [-0.2, -0.15) is 5.06 Å². The second-order valence-corrected chi connectivity index (χ2v) is 9.05. The van der Waals surface area contributed by atoms with E-state index in [0.717, 1.165) is 21.8 Å². The van der Waals surface area contributed by atoms with Gasteiger partial charge in [0.05, 0.1) is 22.6 Å². The van der Waals surface area contributed by atoms with Gasteiger partial charge in [-0.1, -0.05) is 30.3 Å². The third-order valence-corrected chi connectivity index (χ3v) is 6.94. The number of nitrogens with zero attached hydrogens (tertiary/aromatic N) is 1. The van der Waals surface area contributed by atoms with E-state index in [1.807, 2.05) is 66.7 Å². The standard InChI is InChI=1S/C24H23NO6S/c26-25(11-10-17-6-8-21-23(12-17)30-15-28-21)20(14-32(27)19-4-2-1-3-5-19)18-7-9-22-24(13-18)31-16-29-22/h1-9,12-13,20,26H,10-11,14-16H2/t20-,32-/m1/s1. The number of hydroxylamine groups is 2. The van der Waals surface area contributed by atoms with Gasteiger partial charge in [-0.25, -0.2) is 0 Å². The van der Waals surface area contributed by atoms with Crippen LogP contribution in [0.25, 0.3) is 0 Å². The molecule has 1 N–H and O–H groups in total. The van der Waals surface area contributed by atoms with Crippen molar-refractivity contribution < 1.29 is 28.4 Å². The minimum atomic E-state index is -1.29. The second kappa shape index (κ2) is 9.20. The van der Waals surface area contributed by atoms with Crippen LogP contribution in [0.4, 0.5) is 0 Å². The molecule has 0 saturated carbocycles. The van der Waals surface area contributed by atoms with Crippen molar-refractivity contribution >= 4 is 10.8 Å². The first-order chi connectivity index (χ1) is 15.7. The highest BCUT2D eigenvalue weighted by atomic mass is 32.2. The molecule has 0 spiro atoms. The Morgan fingerprint density at radius 1 is 0.844 bits per heavy atom. The lowest BCUT2D eigenvalue weighted by molar-refractivity contribution is -0.121. The van der Waals surface area contributed by atoms with E-state index in [4.69, 9.17) is 18.9 Å². The Kier molecular flexibility index (Phi) is 5.98. The number of fused-ring (bicyclic) bond motifs is 2. The Labute approximate surface area is 188 Å².